The first kappa shape index (κ1) is 15.0. The molecular weight excluding hydrogens is 347 g/mol. The number of sulfonamides is 1. The van der Waals surface area contributed by atoms with Crippen LogP contribution in [0.3, 0.4) is 0 Å². The number of aromatic nitrogens is 1. The number of carbonyl (C=O) groups is 1. The predicted octanol–water partition coefficient (Wildman–Crippen LogP) is 2.95. The molecule has 0 aliphatic heterocycles. The minimum atomic E-state index is -4.04. The monoisotopic (exact) mass is 352 g/mol. The first-order valence-corrected chi connectivity index (χ1v) is 8.08. The van der Waals surface area contributed by atoms with E-state index in [0.717, 1.165) is 23.5 Å². The molecule has 10 heteroatoms. The van der Waals surface area contributed by atoms with Crippen LogP contribution in [0, 0.1) is 0 Å². The molecule has 0 aliphatic carbocycles. The number of carboxylic acid groups (broad SMARTS) is 1. The lowest BCUT2D eigenvalue weighted by Crippen LogP contribution is -2.14. The van der Waals surface area contributed by atoms with Gasteiger partial charge in [0.1, 0.15) is 4.90 Å². The highest BCUT2D eigenvalue weighted by Gasteiger charge is 2.23. The lowest BCUT2D eigenvalue weighted by Gasteiger charge is -2.09. The van der Waals surface area contributed by atoms with Crippen LogP contribution in [0.1, 0.15) is 10.4 Å². The molecule has 1 heterocycles. The maximum Gasteiger partial charge on any atom is 0.337 e. The van der Waals surface area contributed by atoms with Gasteiger partial charge in [-0.3, -0.25) is 4.72 Å². The average Bonchev–Trinajstić information content (AvgIpc) is 2.79. The maximum atomic E-state index is 12.1. The van der Waals surface area contributed by atoms with Gasteiger partial charge in [-0.2, -0.15) is 0 Å². The van der Waals surface area contributed by atoms with Crippen LogP contribution in [0.5, 0.6) is 0 Å². The zero-order chi connectivity index (χ0) is 14.9. The van der Waals surface area contributed by atoms with Crippen molar-refractivity contribution in [3.63, 3.8) is 0 Å². The summed E-state index contributed by atoms with van der Waals surface area (Å²) in [6.45, 7) is 0. The molecule has 0 spiro atoms. The van der Waals surface area contributed by atoms with E-state index in [0.29, 0.717) is 0 Å². The summed E-state index contributed by atoms with van der Waals surface area (Å²) in [5.41, 5.74) is -0.351. The second kappa shape index (κ2) is 5.57. The molecule has 106 valence electrons. The molecular formula is C10H6Cl2N2O4S2. The van der Waals surface area contributed by atoms with Gasteiger partial charge in [0.25, 0.3) is 10.0 Å². The van der Waals surface area contributed by atoms with Gasteiger partial charge < -0.3 is 5.11 Å². The maximum absolute atomic E-state index is 12.1. The van der Waals surface area contributed by atoms with E-state index in [4.69, 9.17) is 28.3 Å². The summed E-state index contributed by atoms with van der Waals surface area (Å²) in [6.07, 6.45) is 1.43. The molecule has 1 aromatic heterocycles. The molecule has 0 saturated carbocycles. The van der Waals surface area contributed by atoms with E-state index in [2.05, 4.69) is 9.71 Å². The van der Waals surface area contributed by atoms with Crippen molar-refractivity contribution in [3.8, 4) is 0 Å². The number of carboxylic acids is 1. The first-order valence-electron chi connectivity index (χ1n) is 4.96. The zero-order valence-electron chi connectivity index (χ0n) is 9.50. The lowest BCUT2D eigenvalue weighted by molar-refractivity contribution is 0.0697. The van der Waals surface area contributed by atoms with Gasteiger partial charge in [-0.05, 0) is 12.1 Å². The minimum Gasteiger partial charge on any atom is -0.478 e. The smallest absolute Gasteiger partial charge is 0.337 e. The van der Waals surface area contributed by atoms with E-state index in [1.165, 1.54) is 6.20 Å². The lowest BCUT2D eigenvalue weighted by atomic mass is 10.2. The quantitative estimate of drug-likeness (QED) is 0.881. The molecule has 2 N–H and O–H groups in total. The van der Waals surface area contributed by atoms with Gasteiger partial charge >= 0.3 is 5.97 Å². The molecule has 0 unspecified atom stereocenters. The molecule has 2 aromatic rings. The Morgan fingerprint density at radius 2 is 2.00 bits per heavy atom. The van der Waals surface area contributed by atoms with Gasteiger partial charge in [0.15, 0.2) is 5.13 Å². The highest BCUT2D eigenvalue weighted by molar-refractivity contribution is 7.93. The molecule has 6 nitrogen and oxygen atoms in total. The van der Waals surface area contributed by atoms with Gasteiger partial charge in [0, 0.05) is 11.6 Å². The SMILES string of the molecule is O=C(O)c1cc(S(=O)(=O)Nc2nccs2)c(Cl)cc1Cl. The number of halogens is 2. The topological polar surface area (TPSA) is 96.4 Å². The third-order valence-electron chi connectivity index (χ3n) is 2.20. The Balaban J connectivity index is 2.51. The molecule has 2 rings (SSSR count). The van der Waals surface area contributed by atoms with E-state index in [-0.39, 0.29) is 25.6 Å². The number of nitrogens with zero attached hydrogens (tertiary/aromatic N) is 1. The summed E-state index contributed by atoms with van der Waals surface area (Å²) in [5.74, 6) is -1.35. The highest BCUT2D eigenvalue weighted by Crippen LogP contribution is 2.30. The summed E-state index contributed by atoms with van der Waals surface area (Å²) < 4.78 is 26.5. The van der Waals surface area contributed by atoms with Crippen LogP contribution in [0.25, 0.3) is 0 Å². The molecule has 0 saturated heterocycles. The number of thiazole rings is 1. The fraction of sp³-hybridized carbons (Fsp3) is 0. The van der Waals surface area contributed by atoms with E-state index in [9.17, 15) is 13.2 Å². The number of anilines is 1. The average molecular weight is 353 g/mol. The second-order valence-corrected chi connectivity index (χ2v) is 6.87. The van der Waals surface area contributed by atoms with Crippen molar-refractivity contribution in [1.82, 2.24) is 4.98 Å². The molecule has 0 fully saturated rings. The van der Waals surface area contributed by atoms with Crippen LogP contribution in [-0.2, 0) is 10.0 Å². The third-order valence-corrected chi connectivity index (χ3v) is 5.13. The number of nitrogens with one attached hydrogen (secondary N) is 1. The second-order valence-electron chi connectivity index (χ2n) is 3.51. The Kier molecular flexibility index (Phi) is 4.19. The Hall–Kier alpha value is -1.35. The number of hydrogen-bond acceptors (Lipinski definition) is 5. The minimum absolute atomic E-state index is 0.143. The predicted molar refractivity (Wildman–Crippen MR) is 76.3 cm³/mol. The molecule has 0 aliphatic rings. The van der Waals surface area contributed by atoms with Crippen LogP contribution >= 0.6 is 34.5 Å². The van der Waals surface area contributed by atoms with E-state index in [1.54, 1.807) is 5.38 Å². The van der Waals surface area contributed by atoms with E-state index < -0.39 is 16.0 Å². The zero-order valence-corrected chi connectivity index (χ0v) is 12.6. The molecule has 1 aromatic carbocycles. The number of hydrogen-bond donors (Lipinski definition) is 2. The first-order chi connectivity index (χ1) is 9.31. The van der Waals surface area contributed by atoms with Crippen LogP contribution in [0.2, 0.25) is 10.0 Å². The van der Waals surface area contributed by atoms with Gasteiger partial charge in [0.2, 0.25) is 0 Å². The van der Waals surface area contributed by atoms with Crippen LogP contribution in [-0.4, -0.2) is 24.5 Å². The summed E-state index contributed by atoms with van der Waals surface area (Å²) >= 11 is 12.6. The number of aromatic carboxylic acids is 1. The van der Waals surface area contributed by atoms with Crippen LogP contribution < -0.4 is 4.72 Å². The van der Waals surface area contributed by atoms with Crippen molar-refractivity contribution in [1.29, 1.82) is 0 Å². The van der Waals surface area contributed by atoms with E-state index in [1.807, 2.05) is 0 Å². The van der Waals surface area contributed by atoms with Crippen LogP contribution in [0.15, 0.2) is 28.6 Å². The normalized spacial score (nSPS) is 11.3. The largest absolute Gasteiger partial charge is 0.478 e. The van der Waals surface area contributed by atoms with Gasteiger partial charge in [0.05, 0.1) is 15.6 Å². The van der Waals surface area contributed by atoms with Gasteiger partial charge in [-0.1, -0.05) is 23.2 Å². The summed E-state index contributed by atoms with van der Waals surface area (Å²) in [5, 5.41) is 10.4. The van der Waals surface area contributed by atoms with Crippen molar-refractivity contribution >= 4 is 55.7 Å². The van der Waals surface area contributed by atoms with Crippen molar-refractivity contribution in [2.45, 2.75) is 4.90 Å². The summed E-state index contributed by atoms with van der Waals surface area (Å²) in [4.78, 5) is 14.4. The molecule has 0 radical (unpaired) electrons. The summed E-state index contributed by atoms with van der Waals surface area (Å²) in [7, 11) is -4.04. The Labute approximate surface area is 128 Å². The fourth-order valence-electron chi connectivity index (χ4n) is 1.34. The van der Waals surface area contributed by atoms with Crippen molar-refractivity contribution < 1.29 is 18.3 Å². The highest BCUT2D eigenvalue weighted by atomic mass is 35.5. The molecule has 20 heavy (non-hydrogen) atoms. The fourth-order valence-corrected chi connectivity index (χ4v) is 3.99. The third kappa shape index (κ3) is 3.04. The number of benzene rings is 1. The Bertz CT molecular complexity index is 760. The van der Waals surface area contributed by atoms with Crippen molar-refractivity contribution in [2.75, 3.05) is 4.72 Å². The summed E-state index contributed by atoms with van der Waals surface area (Å²) in [6, 6.07) is 1.98. The number of rotatable bonds is 4. The van der Waals surface area contributed by atoms with Gasteiger partial charge in [-0.25, -0.2) is 18.2 Å². The molecule has 0 bridgehead atoms. The Morgan fingerprint density at radius 1 is 1.30 bits per heavy atom. The molecule has 0 atom stereocenters. The van der Waals surface area contributed by atoms with Crippen LogP contribution in [0.4, 0.5) is 5.13 Å². The van der Waals surface area contributed by atoms with Gasteiger partial charge in [-0.15, -0.1) is 11.3 Å². The van der Waals surface area contributed by atoms with E-state index >= 15 is 0 Å². The van der Waals surface area contributed by atoms with Crippen molar-refractivity contribution in [3.05, 3.63) is 39.3 Å². The van der Waals surface area contributed by atoms with Crippen molar-refractivity contribution in [2.24, 2.45) is 0 Å². The Morgan fingerprint density at radius 3 is 2.55 bits per heavy atom. The molecule has 0 amide bonds. The standard InChI is InChI=1S/C10H6Cl2N2O4S2/c11-6-4-7(12)8(3-5(6)9(15)16)20(17,18)14-10-13-1-2-19-10/h1-4H,(H,13,14)(H,15,16).